The van der Waals surface area contributed by atoms with Crippen molar-refractivity contribution in [3.05, 3.63) is 122 Å². The zero-order valence-electron chi connectivity index (χ0n) is 59.3. The number of anilines is 4. The van der Waals surface area contributed by atoms with Gasteiger partial charge in [-0.15, -0.1) is 0 Å². The molecule has 4 saturated heterocycles. The Bertz CT molecular complexity index is 3280. The van der Waals surface area contributed by atoms with Crippen LogP contribution >= 0.6 is 66.7 Å². The van der Waals surface area contributed by atoms with Gasteiger partial charge in [0.25, 0.3) is 11.4 Å². The molecular weight excluding hydrogens is 1520 g/mol. The minimum atomic E-state index is -5.96. The zero-order chi connectivity index (χ0) is 75.4. The summed E-state index contributed by atoms with van der Waals surface area (Å²) in [6.07, 6.45) is 0. The molecule has 100 heavy (non-hydrogen) atoms. The second-order valence-corrected chi connectivity index (χ2v) is 32.8. The van der Waals surface area contributed by atoms with Crippen molar-refractivity contribution in [3.63, 3.8) is 0 Å². The van der Waals surface area contributed by atoms with Crippen molar-refractivity contribution in [2.45, 2.75) is 115 Å². The number of nitrogens with zero attached hydrogens (tertiary/aromatic N) is 7. The Morgan fingerprint density at radius 3 is 1.18 bits per heavy atom. The summed E-state index contributed by atoms with van der Waals surface area (Å²) in [6, 6.07) is 16.4. The molecular formula is C66H102Br2Cl3F3N12O13S. The molecule has 4 fully saturated rings. The molecule has 4 aromatic rings. The number of ether oxygens (including phenoxy) is 4. The van der Waals surface area contributed by atoms with Gasteiger partial charge in [-0.25, -0.2) is 0 Å². The van der Waals surface area contributed by atoms with Crippen LogP contribution in [0.2, 0.25) is 0 Å². The molecule has 8 rings (SSSR count). The van der Waals surface area contributed by atoms with Gasteiger partial charge in [-0.1, -0.05) is 130 Å². The third-order valence-corrected chi connectivity index (χ3v) is 18.0. The fraction of sp³-hybridized carbons (Fsp3) is 0.636. The van der Waals surface area contributed by atoms with Gasteiger partial charge in [0.05, 0.1) is 79.0 Å². The Hall–Kier alpha value is -4.71. The van der Waals surface area contributed by atoms with E-state index in [0.717, 1.165) is 188 Å². The summed E-state index contributed by atoms with van der Waals surface area (Å²) in [5.74, 6) is -0.981. The quantitative estimate of drug-likeness (QED) is 0.0145. The molecule has 0 saturated carbocycles. The molecule has 566 valence electrons. The second-order valence-electron chi connectivity index (χ2n) is 27.6. The van der Waals surface area contributed by atoms with Crippen molar-refractivity contribution in [2.75, 3.05) is 179 Å². The molecule has 7 N–H and O–H groups in total. The first kappa shape index (κ1) is 89.5. The van der Waals surface area contributed by atoms with Crippen LogP contribution in [0.1, 0.15) is 105 Å². The average molecular weight is 1630 g/mol. The molecule has 0 amide bonds. The van der Waals surface area contributed by atoms with Gasteiger partial charge in [-0.05, 0) is 106 Å². The van der Waals surface area contributed by atoms with Gasteiger partial charge in [0.1, 0.15) is 11.4 Å². The molecule has 0 radical (unpaired) electrons. The van der Waals surface area contributed by atoms with E-state index in [0.29, 0.717) is 30.0 Å². The lowest BCUT2D eigenvalue weighted by Crippen LogP contribution is -2.39. The second kappa shape index (κ2) is 42.3. The highest BCUT2D eigenvalue weighted by molar-refractivity contribution is 9.11. The topological polar surface area (TPSA) is 311 Å². The van der Waals surface area contributed by atoms with Crippen LogP contribution in [0.15, 0.2) is 69.6 Å². The molecule has 0 bridgehead atoms. The molecule has 0 atom stereocenters. The Balaban J connectivity index is 0.000000327. The smallest absolute Gasteiger partial charge is 0.397 e. The molecule has 4 aromatic carbocycles. The largest absolute Gasteiger partial charge is 0.534 e. The van der Waals surface area contributed by atoms with Gasteiger partial charge < -0.3 is 50.5 Å². The summed E-state index contributed by atoms with van der Waals surface area (Å²) in [4.78, 5) is 41.3. The lowest BCUT2D eigenvalue weighted by Gasteiger charge is -2.27. The van der Waals surface area contributed by atoms with E-state index in [-0.39, 0.29) is 37.5 Å². The third kappa shape index (κ3) is 32.5. The lowest BCUT2D eigenvalue weighted by molar-refractivity contribution is -0.385. The number of hydrogen-bond donors (Lipinski definition) is 5. The Morgan fingerprint density at radius 1 is 0.510 bits per heavy atom. The van der Waals surface area contributed by atoms with E-state index < -0.39 is 41.7 Å². The predicted octanol–water partition coefficient (Wildman–Crippen LogP) is 13.5. The van der Waals surface area contributed by atoms with Crippen LogP contribution in [0, 0.1) is 30.3 Å². The summed E-state index contributed by atoms with van der Waals surface area (Å²) >= 11 is 21.5. The summed E-state index contributed by atoms with van der Waals surface area (Å²) in [5.41, 5.74) is 11.2. The molecule has 0 spiro atoms. The van der Waals surface area contributed by atoms with E-state index in [1.807, 2.05) is 39.0 Å². The SMILES string of the molecule is CC(C)(C)c1cc(Br)c(NCCN2CCOCC2)c([N+](=O)[O-])c1.CC(C)(C)c1cc(N)c(NCCN2CCOCC2)c(Br)c1.CC(C)(C)c1ccc(NCCN2CCOCC2)c([N+](=O)[O-])c1.CC(C)(C)c1ccc(OS(=O)(=O)C(F)(F)F)c([N+](=O)[O-])c1.ClC(Cl)Cl.NCCN1CCOCC1. The highest BCUT2D eigenvalue weighted by Crippen LogP contribution is 2.40. The van der Waals surface area contributed by atoms with Gasteiger partial charge in [-0.2, -0.15) is 21.6 Å². The number of halogens is 8. The fourth-order valence-corrected chi connectivity index (χ4v) is 11.4. The number of nitrogen functional groups attached to an aromatic ring is 1. The van der Waals surface area contributed by atoms with E-state index in [1.54, 1.807) is 32.9 Å². The molecule has 4 aliphatic rings. The highest BCUT2D eigenvalue weighted by Gasteiger charge is 2.49. The third-order valence-electron chi connectivity index (χ3n) is 15.7. The van der Waals surface area contributed by atoms with Crippen LogP contribution in [-0.4, -0.2) is 210 Å². The van der Waals surface area contributed by atoms with E-state index in [4.69, 9.17) is 65.2 Å². The van der Waals surface area contributed by atoms with Gasteiger partial charge >= 0.3 is 21.3 Å². The number of hydrogen-bond acceptors (Lipinski definition) is 22. The minimum Gasteiger partial charge on any atom is -0.397 e. The Morgan fingerprint density at radius 2 is 0.830 bits per heavy atom. The van der Waals surface area contributed by atoms with Gasteiger partial charge in [0.2, 0.25) is 5.75 Å². The predicted molar refractivity (Wildman–Crippen MR) is 401 cm³/mol. The number of benzene rings is 4. The summed E-state index contributed by atoms with van der Waals surface area (Å²) in [6.45, 7) is 45.1. The maximum Gasteiger partial charge on any atom is 0.534 e. The molecule has 34 heteroatoms. The summed E-state index contributed by atoms with van der Waals surface area (Å²) in [7, 11) is -5.96. The van der Waals surface area contributed by atoms with E-state index >= 15 is 0 Å². The van der Waals surface area contributed by atoms with E-state index in [1.165, 1.54) is 11.6 Å². The van der Waals surface area contributed by atoms with E-state index in [9.17, 15) is 51.9 Å². The number of nitrogens with one attached hydrogen (secondary N) is 3. The van der Waals surface area contributed by atoms with Crippen molar-refractivity contribution in [1.82, 2.24) is 19.6 Å². The maximum atomic E-state index is 12.2. The fourth-order valence-electron chi connectivity index (χ4n) is 9.76. The first-order valence-electron chi connectivity index (χ1n) is 32.7. The Kier molecular flexibility index (Phi) is 37.9. The average Bonchev–Trinajstić information content (AvgIpc) is 0.813. The lowest BCUT2D eigenvalue weighted by atomic mass is 9.86. The highest BCUT2D eigenvalue weighted by atomic mass is 79.9. The van der Waals surface area contributed by atoms with Crippen molar-refractivity contribution in [1.29, 1.82) is 0 Å². The normalized spacial score (nSPS) is 16.1. The van der Waals surface area contributed by atoms with Crippen LogP contribution in [0.5, 0.6) is 5.75 Å². The Labute approximate surface area is 619 Å². The first-order valence-corrected chi connectivity index (χ1v) is 37.0. The molecule has 0 aliphatic carbocycles. The van der Waals surface area contributed by atoms with Crippen LogP contribution in [-0.2, 0) is 50.7 Å². The maximum absolute atomic E-state index is 12.2. The number of rotatable bonds is 19. The molecule has 4 aliphatic heterocycles. The molecule has 0 aromatic heterocycles. The standard InChI is InChI=1S/C16H24BrN3O3.C16H26BrN3O.C16H25N3O3.C11H12F3NO5S.C6H14N2O.CHCl3/c1-16(2,3)12-10-13(17)15(14(11-12)20(21)22)18-4-5-19-6-8-23-9-7-19;1-16(2,3)12-10-13(17)15(14(18)11-12)19-4-5-20-6-8-21-9-7-20;1-16(2,3)13-4-5-14(15(12-13)19(20)21)17-6-7-18-8-10-22-11-9-18;1-10(2,3)7-4-5-9(8(6-7)15(16)17)20-21(18,19)11(12,13)14;7-1-2-8-3-5-9-6-4-8;2-1(3)4/h10-11,18H,4-9H2,1-3H3;10-11,19H,4-9,18H2,1-3H3;4-5,12,17H,6-11H2,1-3H3;4-6H,1-3H3;1-7H2;1H. The number of alkyl halides is 6. The monoisotopic (exact) mass is 1620 g/mol. The molecule has 25 nitrogen and oxygen atoms in total. The molecule has 0 unspecified atom stereocenters. The minimum absolute atomic E-state index is 0.100. The van der Waals surface area contributed by atoms with Gasteiger partial charge in [0.15, 0.2) is 4.30 Å². The van der Waals surface area contributed by atoms with Crippen LogP contribution in [0.25, 0.3) is 0 Å². The molecule has 4 heterocycles. The van der Waals surface area contributed by atoms with Crippen molar-refractivity contribution >= 4 is 117 Å². The zero-order valence-corrected chi connectivity index (χ0v) is 65.6. The number of nitro groups is 3. The van der Waals surface area contributed by atoms with Crippen molar-refractivity contribution in [2.24, 2.45) is 5.73 Å². The van der Waals surface area contributed by atoms with Crippen molar-refractivity contribution in [3.8, 4) is 5.75 Å². The van der Waals surface area contributed by atoms with E-state index in [2.05, 4.69) is 125 Å². The summed E-state index contributed by atoms with van der Waals surface area (Å²) < 4.78 is 84.5. The van der Waals surface area contributed by atoms with Crippen LogP contribution in [0.3, 0.4) is 0 Å². The summed E-state index contributed by atoms with van der Waals surface area (Å²) in [5, 5.41) is 43.5. The number of morpholine rings is 4. The van der Waals surface area contributed by atoms with Crippen LogP contribution < -0.4 is 31.6 Å². The van der Waals surface area contributed by atoms with Gasteiger partial charge in [-0.3, -0.25) is 49.9 Å². The first-order chi connectivity index (χ1) is 46.5. The number of nitro benzene ring substituents is 3. The van der Waals surface area contributed by atoms with Gasteiger partial charge in [0, 0.05) is 132 Å². The van der Waals surface area contributed by atoms with Crippen molar-refractivity contribution < 1.29 is 59.5 Å². The van der Waals surface area contributed by atoms with Crippen LogP contribution in [0.4, 0.5) is 53.0 Å². The number of nitrogens with two attached hydrogens (primary N) is 2.